The van der Waals surface area contributed by atoms with Gasteiger partial charge in [-0.2, -0.15) is 0 Å². The molecule has 0 radical (unpaired) electrons. The van der Waals surface area contributed by atoms with Crippen molar-refractivity contribution in [2.45, 2.75) is 33.0 Å². The van der Waals surface area contributed by atoms with Crippen LogP contribution >= 0.6 is 24.0 Å². The maximum absolute atomic E-state index is 6.10. The Kier molecular flexibility index (Phi) is 7.58. The second kappa shape index (κ2) is 8.93. The molecular weight excluding hydrogens is 305 g/mol. The predicted octanol–water partition coefficient (Wildman–Crippen LogP) is 4.84. The zero-order chi connectivity index (χ0) is 14.4. The summed E-state index contributed by atoms with van der Waals surface area (Å²) in [5.74, 6) is 0.859. The monoisotopic (exact) mass is 325 g/mol. The van der Waals surface area contributed by atoms with Crippen LogP contribution in [-0.4, -0.2) is 6.04 Å². The van der Waals surface area contributed by atoms with Gasteiger partial charge in [0.25, 0.3) is 0 Å². The van der Waals surface area contributed by atoms with Crippen LogP contribution in [0, 0.1) is 0 Å². The molecule has 0 atom stereocenters. The van der Waals surface area contributed by atoms with Crippen LogP contribution in [0.2, 0.25) is 5.02 Å². The molecule has 4 heteroatoms. The van der Waals surface area contributed by atoms with E-state index in [4.69, 9.17) is 16.3 Å². The van der Waals surface area contributed by atoms with Gasteiger partial charge in [-0.3, -0.25) is 0 Å². The van der Waals surface area contributed by atoms with Crippen molar-refractivity contribution < 1.29 is 4.74 Å². The van der Waals surface area contributed by atoms with Crippen molar-refractivity contribution in [1.29, 1.82) is 0 Å². The third kappa shape index (κ3) is 5.96. The summed E-state index contributed by atoms with van der Waals surface area (Å²) < 4.78 is 5.75. The summed E-state index contributed by atoms with van der Waals surface area (Å²) in [6, 6.07) is 16.4. The fourth-order valence-corrected chi connectivity index (χ4v) is 1.99. The average molecular weight is 326 g/mol. The van der Waals surface area contributed by atoms with E-state index in [1.807, 2.05) is 36.4 Å². The normalized spacial score (nSPS) is 10.3. The fraction of sp³-hybridized carbons (Fsp3) is 0.294. The molecule has 0 aliphatic carbocycles. The van der Waals surface area contributed by atoms with E-state index >= 15 is 0 Å². The van der Waals surface area contributed by atoms with Gasteiger partial charge in [-0.15, -0.1) is 12.4 Å². The molecule has 114 valence electrons. The van der Waals surface area contributed by atoms with Gasteiger partial charge in [0, 0.05) is 23.2 Å². The molecule has 21 heavy (non-hydrogen) atoms. The maximum Gasteiger partial charge on any atom is 0.119 e. The summed E-state index contributed by atoms with van der Waals surface area (Å²) in [5.41, 5.74) is 2.25. The Morgan fingerprint density at radius 3 is 2.33 bits per heavy atom. The van der Waals surface area contributed by atoms with Crippen molar-refractivity contribution in [2.24, 2.45) is 0 Å². The fourth-order valence-electron chi connectivity index (χ4n) is 1.80. The molecule has 0 aliphatic rings. The van der Waals surface area contributed by atoms with Gasteiger partial charge in [0.1, 0.15) is 12.4 Å². The van der Waals surface area contributed by atoms with E-state index < -0.39 is 0 Å². The van der Waals surface area contributed by atoms with Crippen LogP contribution in [0.25, 0.3) is 0 Å². The van der Waals surface area contributed by atoms with Crippen LogP contribution in [-0.2, 0) is 13.2 Å². The summed E-state index contributed by atoms with van der Waals surface area (Å²) in [6.07, 6.45) is 0. The predicted molar refractivity (Wildman–Crippen MR) is 91.4 cm³/mol. The van der Waals surface area contributed by atoms with Crippen molar-refractivity contribution in [1.82, 2.24) is 5.32 Å². The Bertz CT molecular complexity index is 541. The first-order valence-electron chi connectivity index (χ1n) is 6.83. The lowest BCUT2D eigenvalue weighted by molar-refractivity contribution is 0.306. The van der Waals surface area contributed by atoms with Gasteiger partial charge < -0.3 is 10.1 Å². The third-order valence-corrected chi connectivity index (χ3v) is 3.36. The highest BCUT2D eigenvalue weighted by Gasteiger charge is 2.01. The molecule has 0 saturated heterocycles. The number of benzene rings is 2. The third-order valence-electron chi connectivity index (χ3n) is 2.99. The van der Waals surface area contributed by atoms with Crippen molar-refractivity contribution in [2.75, 3.05) is 0 Å². The Hall–Kier alpha value is -1.22. The Labute approximate surface area is 137 Å². The second-order valence-corrected chi connectivity index (χ2v) is 5.47. The highest BCUT2D eigenvalue weighted by atomic mass is 35.5. The van der Waals surface area contributed by atoms with Gasteiger partial charge >= 0.3 is 0 Å². The van der Waals surface area contributed by atoms with Gasteiger partial charge in [-0.1, -0.05) is 55.8 Å². The maximum atomic E-state index is 6.10. The zero-order valence-electron chi connectivity index (χ0n) is 12.3. The molecule has 0 bridgehead atoms. The van der Waals surface area contributed by atoms with Gasteiger partial charge in [0.15, 0.2) is 0 Å². The van der Waals surface area contributed by atoms with Gasteiger partial charge in [-0.25, -0.2) is 0 Å². The topological polar surface area (TPSA) is 21.3 Å². The van der Waals surface area contributed by atoms with Crippen LogP contribution in [0.1, 0.15) is 25.0 Å². The summed E-state index contributed by atoms with van der Waals surface area (Å²) in [5, 5.41) is 4.13. The molecule has 0 saturated carbocycles. The largest absolute Gasteiger partial charge is 0.489 e. The molecule has 0 heterocycles. The summed E-state index contributed by atoms with van der Waals surface area (Å²) in [7, 11) is 0. The molecule has 2 rings (SSSR count). The molecule has 0 amide bonds. The SMILES string of the molecule is CC(C)NCc1ccc(OCc2ccccc2Cl)cc1.Cl. The first-order chi connectivity index (χ1) is 9.65. The van der Waals surface area contributed by atoms with E-state index in [2.05, 4.69) is 31.3 Å². The lowest BCUT2D eigenvalue weighted by Crippen LogP contribution is -2.21. The van der Waals surface area contributed by atoms with Crippen molar-refractivity contribution in [3.05, 3.63) is 64.7 Å². The molecule has 2 aromatic carbocycles. The standard InChI is InChI=1S/C17H20ClNO.ClH/c1-13(2)19-11-14-7-9-16(10-8-14)20-12-15-5-3-4-6-17(15)18;/h3-10,13,19H,11-12H2,1-2H3;1H. The summed E-state index contributed by atoms with van der Waals surface area (Å²) >= 11 is 6.10. The van der Waals surface area contributed by atoms with Crippen LogP contribution in [0.3, 0.4) is 0 Å². The average Bonchev–Trinajstić information content (AvgIpc) is 2.45. The Morgan fingerprint density at radius 1 is 1.05 bits per heavy atom. The van der Waals surface area contributed by atoms with E-state index in [-0.39, 0.29) is 12.4 Å². The van der Waals surface area contributed by atoms with Gasteiger partial charge in [-0.05, 0) is 23.8 Å². The van der Waals surface area contributed by atoms with Crippen molar-refractivity contribution in [3.63, 3.8) is 0 Å². The van der Waals surface area contributed by atoms with E-state index in [1.54, 1.807) is 0 Å². The molecular formula is C17H21Cl2NO. The summed E-state index contributed by atoms with van der Waals surface area (Å²) in [4.78, 5) is 0. The Balaban J connectivity index is 0.00000220. The van der Waals surface area contributed by atoms with Crippen LogP contribution < -0.4 is 10.1 Å². The van der Waals surface area contributed by atoms with Gasteiger partial charge in [0.05, 0.1) is 0 Å². The molecule has 2 nitrogen and oxygen atoms in total. The van der Waals surface area contributed by atoms with E-state index in [1.165, 1.54) is 5.56 Å². The zero-order valence-corrected chi connectivity index (χ0v) is 13.9. The van der Waals surface area contributed by atoms with Crippen LogP contribution in [0.15, 0.2) is 48.5 Å². The minimum atomic E-state index is 0. The number of hydrogen-bond donors (Lipinski definition) is 1. The van der Waals surface area contributed by atoms with Gasteiger partial charge in [0.2, 0.25) is 0 Å². The quantitative estimate of drug-likeness (QED) is 0.820. The van der Waals surface area contributed by atoms with Crippen molar-refractivity contribution in [3.8, 4) is 5.75 Å². The molecule has 1 N–H and O–H groups in total. The number of halogens is 2. The second-order valence-electron chi connectivity index (χ2n) is 5.06. The van der Waals surface area contributed by atoms with Crippen molar-refractivity contribution >= 4 is 24.0 Å². The van der Waals surface area contributed by atoms with E-state index in [9.17, 15) is 0 Å². The van der Waals surface area contributed by atoms with E-state index in [0.717, 1.165) is 22.9 Å². The lowest BCUT2D eigenvalue weighted by Gasteiger charge is -2.10. The minimum absolute atomic E-state index is 0. The van der Waals surface area contributed by atoms with Crippen LogP contribution in [0.5, 0.6) is 5.75 Å². The number of nitrogens with one attached hydrogen (secondary N) is 1. The number of hydrogen-bond acceptors (Lipinski definition) is 2. The summed E-state index contributed by atoms with van der Waals surface area (Å²) in [6.45, 7) is 5.65. The first kappa shape index (κ1) is 17.8. The van der Waals surface area contributed by atoms with E-state index in [0.29, 0.717) is 12.6 Å². The number of ether oxygens (including phenoxy) is 1. The molecule has 0 fully saturated rings. The molecule has 0 spiro atoms. The first-order valence-corrected chi connectivity index (χ1v) is 7.21. The molecule has 0 aromatic heterocycles. The van der Waals surface area contributed by atoms with Crippen LogP contribution in [0.4, 0.5) is 0 Å². The Morgan fingerprint density at radius 2 is 1.71 bits per heavy atom. The molecule has 2 aromatic rings. The lowest BCUT2D eigenvalue weighted by atomic mass is 10.2. The molecule has 0 unspecified atom stereocenters. The minimum Gasteiger partial charge on any atom is -0.489 e. The smallest absolute Gasteiger partial charge is 0.119 e. The highest BCUT2D eigenvalue weighted by molar-refractivity contribution is 6.31. The highest BCUT2D eigenvalue weighted by Crippen LogP contribution is 2.18. The molecule has 0 aliphatic heterocycles. The number of rotatable bonds is 6.